The van der Waals surface area contributed by atoms with Crippen LogP contribution in [-0.4, -0.2) is 35.5 Å². The zero-order valence-electron chi connectivity index (χ0n) is 12.4. The fraction of sp³-hybridized carbons (Fsp3) is 0.571. The fourth-order valence-corrected chi connectivity index (χ4v) is 2.78. The van der Waals surface area contributed by atoms with Gasteiger partial charge in [-0.15, -0.1) is 0 Å². The van der Waals surface area contributed by atoms with Gasteiger partial charge in [-0.05, 0) is 25.2 Å². The SMILES string of the molecule is CCC(CC)(CNC(=O)c1ccnc(NC)c1F)SC. The molecule has 4 nitrogen and oxygen atoms in total. The van der Waals surface area contributed by atoms with E-state index in [1.54, 1.807) is 18.8 Å². The van der Waals surface area contributed by atoms with Crippen LogP contribution in [0, 0.1) is 5.82 Å². The molecular formula is C14H22FN3OS. The van der Waals surface area contributed by atoms with Crippen molar-refractivity contribution in [3.8, 4) is 0 Å². The summed E-state index contributed by atoms with van der Waals surface area (Å²) in [5, 5.41) is 5.46. The average Bonchev–Trinajstić information content (AvgIpc) is 2.49. The van der Waals surface area contributed by atoms with Crippen LogP contribution in [0.3, 0.4) is 0 Å². The molecule has 2 N–H and O–H groups in total. The molecule has 0 radical (unpaired) electrons. The number of halogens is 1. The molecule has 1 rings (SSSR count). The van der Waals surface area contributed by atoms with Gasteiger partial charge < -0.3 is 10.6 Å². The lowest BCUT2D eigenvalue weighted by Crippen LogP contribution is -2.39. The predicted molar refractivity (Wildman–Crippen MR) is 82.9 cm³/mol. The van der Waals surface area contributed by atoms with Gasteiger partial charge in [0.25, 0.3) is 5.91 Å². The van der Waals surface area contributed by atoms with Crippen molar-refractivity contribution in [2.24, 2.45) is 0 Å². The highest BCUT2D eigenvalue weighted by Gasteiger charge is 2.26. The van der Waals surface area contributed by atoms with Crippen LogP contribution in [0.5, 0.6) is 0 Å². The Labute approximate surface area is 123 Å². The van der Waals surface area contributed by atoms with E-state index < -0.39 is 11.7 Å². The highest BCUT2D eigenvalue weighted by atomic mass is 32.2. The van der Waals surface area contributed by atoms with E-state index in [4.69, 9.17) is 0 Å². The maximum Gasteiger partial charge on any atom is 0.254 e. The number of carbonyl (C=O) groups is 1. The molecule has 0 atom stereocenters. The van der Waals surface area contributed by atoms with Crippen LogP contribution in [0.2, 0.25) is 0 Å². The van der Waals surface area contributed by atoms with Gasteiger partial charge in [0.15, 0.2) is 11.6 Å². The Morgan fingerprint density at radius 1 is 1.45 bits per heavy atom. The quantitative estimate of drug-likeness (QED) is 0.813. The molecule has 0 aliphatic rings. The predicted octanol–water partition coefficient (Wildman–Crippen LogP) is 2.91. The molecule has 0 saturated heterocycles. The first-order valence-corrected chi connectivity index (χ1v) is 7.91. The summed E-state index contributed by atoms with van der Waals surface area (Å²) in [7, 11) is 1.57. The molecule has 0 fully saturated rings. The van der Waals surface area contributed by atoms with Crippen LogP contribution in [0.1, 0.15) is 37.0 Å². The second-order valence-corrected chi connectivity index (χ2v) is 5.82. The van der Waals surface area contributed by atoms with Crippen LogP contribution in [-0.2, 0) is 0 Å². The number of nitrogens with one attached hydrogen (secondary N) is 2. The van der Waals surface area contributed by atoms with Crippen LogP contribution < -0.4 is 10.6 Å². The monoisotopic (exact) mass is 299 g/mol. The second-order valence-electron chi connectivity index (χ2n) is 4.55. The van der Waals surface area contributed by atoms with Gasteiger partial charge in [-0.1, -0.05) is 13.8 Å². The van der Waals surface area contributed by atoms with Gasteiger partial charge in [-0.25, -0.2) is 9.37 Å². The molecule has 1 aromatic heterocycles. The molecule has 0 bridgehead atoms. The minimum Gasteiger partial charge on any atom is -0.371 e. The maximum absolute atomic E-state index is 14.0. The van der Waals surface area contributed by atoms with Crippen LogP contribution in [0.4, 0.5) is 10.2 Å². The number of nitrogens with zero attached hydrogens (tertiary/aromatic N) is 1. The van der Waals surface area contributed by atoms with E-state index in [1.165, 1.54) is 12.3 Å². The van der Waals surface area contributed by atoms with Gasteiger partial charge in [0.2, 0.25) is 0 Å². The number of pyridine rings is 1. The number of hydrogen-bond acceptors (Lipinski definition) is 4. The summed E-state index contributed by atoms with van der Waals surface area (Å²) in [6, 6.07) is 1.39. The Kier molecular flexibility index (Phi) is 6.26. The zero-order chi connectivity index (χ0) is 15.2. The molecule has 1 aromatic rings. The standard InChI is InChI=1S/C14H22FN3OS/c1-5-14(6-2,20-4)9-18-13(19)10-7-8-17-12(16-3)11(10)15/h7-8H,5-6,9H2,1-4H3,(H,16,17)(H,18,19). The van der Waals surface area contributed by atoms with Crippen molar-refractivity contribution in [3.05, 3.63) is 23.6 Å². The number of anilines is 1. The molecule has 0 aliphatic carbocycles. The Bertz CT molecular complexity index is 455. The van der Waals surface area contributed by atoms with Crippen molar-refractivity contribution in [1.29, 1.82) is 0 Å². The first-order chi connectivity index (χ1) is 9.53. The van der Waals surface area contributed by atoms with E-state index in [0.29, 0.717) is 6.54 Å². The van der Waals surface area contributed by atoms with Crippen molar-refractivity contribution in [3.63, 3.8) is 0 Å². The fourth-order valence-electron chi connectivity index (χ4n) is 1.99. The number of amides is 1. The number of carbonyl (C=O) groups excluding carboxylic acids is 1. The molecule has 0 aliphatic heterocycles. The summed E-state index contributed by atoms with van der Waals surface area (Å²) in [6.07, 6.45) is 5.35. The Balaban J connectivity index is 2.82. The minimum absolute atomic E-state index is 0.00496. The van der Waals surface area contributed by atoms with Crippen LogP contribution >= 0.6 is 11.8 Å². The molecular weight excluding hydrogens is 277 g/mol. The van der Waals surface area contributed by atoms with E-state index in [0.717, 1.165) is 12.8 Å². The summed E-state index contributed by atoms with van der Waals surface area (Å²) >= 11 is 1.73. The third-order valence-corrected chi connectivity index (χ3v) is 5.25. The first kappa shape index (κ1) is 16.8. The molecule has 0 saturated carbocycles. The van der Waals surface area contributed by atoms with Crippen molar-refractivity contribution in [2.75, 3.05) is 25.2 Å². The van der Waals surface area contributed by atoms with Gasteiger partial charge >= 0.3 is 0 Å². The highest BCUT2D eigenvalue weighted by Crippen LogP contribution is 2.29. The molecule has 0 spiro atoms. The lowest BCUT2D eigenvalue weighted by molar-refractivity contribution is 0.0945. The summed E-state index contributed by atoms with van der Waals surface area (Å²) in [5.74, 6) is -0.934. The molecule has 0 aromatic carbocycles. The van der Waals surface area contributed by atoms with Crippen molar-refractivity contribution < 1.29 is 9.18 Å². The average molecular weight is 299 g/mol. The van der Waals surface area contributed by atoms with E-state index in [1.807, 2.05) is 6.26 Å². The molecule has 1 amide bonds. The Hall–Kier alpha value is -1.30. The van der Waals surface area contributed by atoms with Crippen molar-refractivity contribution in [2.45, 2.75) is 31.4 Å². The third-order valence-electron chi connectivity index (χ3n) is 3.66. The van der Waals surface area contributed by atoms with Crippen LogP contribution in [0.25, 0.3) is 0 Å². The van der Waals surface area contributed by atoms with E-state index in [-0.39, 0.29) is 16.1 Å². The molecule has 20 heavy (non-hydrogen) atoms. The van der Waals surface area contributed by atoms with E-state index in [2.05, 4.69) is 29.5 Å². The van der Waals surface area contributed by atoms with Gasteiger partial charge in [-0.2, -0.15) is 11.8 Å². The molecule has 1 heterocycles. The second kappa shape index (κ2) is 7.47. The third kappa shape index (κ3) is 3.62. The van der Waals surface area contributed by atoms with Gasteiger partial charge in [0.1, 0.15) is 0 Å². The number of aromatic nitrogens is 1. The summed E-state index contributed by atoms with van der Waals surface area (Å²) in [5.41, 5.74) is 0.0200. The first-order valence-electron chi connectivity index (χ1n) is 6.69. The Morgan fingerprint density at radius 3 is 2.60 bits per heavy atom. The van der Waals surface area contributed by atoms with E-state index in [9.17, 15) is 9.18 Å². The summed E-state index contributed by atoms with van der Waals surface area (Å²) in [6.45, 7) is 4.72. The van der Waals surface area contributed by atoms with E-state index >= 15 is 0 Å². The number of thioether (sulfide) groups is 1. The highest BCUT2D eigenvalue weighted by molar-refractivity contribution is 8.00. The smallest absolute Gasteiger partial charge is 0.254 e. The summed E-state index contributed by atoms with van der Waals surface area (Å²) < 4.78 is 14.0. The lowest BCUT2D eigenvalue weighted by Gasteiger charge is -2.29. The van der Waals surface area contributed by atoms with Crippen LogP contribution in [0.15, 0.2) is 12.3 Å². The van der Waals surface area contributed by atoms with Crippen molar-refractivity contribution >= 4 is 23.5 Å². The number of rotatable bonds is 7. The Morgan fingerprint density at radius 2 is 2.10 bits per heavy atom. The normalized spacial score (nSPS) is 11.2. The topological polar surface area (TPSA) is 54.0 Å². The largest absolute Gasteiger partial charge is 0.371 e. The summed E-state index contributed by atoms with van der Waals surface area (Å²) in [4.78, 5) is 15.9. The molecule has 112 valence electrons. The number of hydrogen-bond donors (Lipinski definition) is 2. The minimum atomic E-state index is -0.616. The lowest BCUT2D eigenvalue weighted by atomic mass is 10.0. The molecule has 6 heteroatoms. The van der Waals surface area contributed by atoms with Gasteiger partial charge in [0, 0.05) is 24.5 Å². The van der Waals surface area contributed by atoms with Crippen molar-refractivity contribution in [1.82, 2.24) is 10.3 Å². The zero-order valence-corrected chi connectivity index (χ0v) is 13.2. The molecule has 0 unspecified atom stereocenters. The van der Waals surface area contributed by atoms with Gasteiger partial charge in [0.05, 0.1) is 5.56 Å². The van der Waals surface area contributed by atoms with Gasteiger partial charge in [-0.3, -0.25) is 4.79 Å². The maximum atomic E-state index is 14.0.